The first-order valence-corrected chi connectivity index (χ1v) is 8.01. The summed E-state index contributed by atoms with van der Waals surface area (Å²) in [7, 11) is -4.19. The molecule has 0 saturated carbocycles. The Balaban J connectivity index is 2.30. The standard InChI is InChI=1S/C9H12N4O6S2/c1-4(14)10-8-11-12-9(20-8)21(18,19)13-3-5(15)2-6(13)7(16)17/h5-6,15H,2-3H2,1H3,(H,16,17)(H,10,11,14). The van der Waals surface area contributed by atoms with Gasteiger partial charge in [-0.15, -0.1) is 10.2 Å². The van der Waals surface area contributed by atoms with Crippen LogP contribution in [0.25, 0.3) is 0 Å². The van der Waals surface area contributed by atoms with Crippen molar-refractivity contribution >= 4 is 38.4 Å². The summed E-state index contributed by atoms with van der Waals surface area (Å²) in [6.07, 6.45) is -1.24. The molecule has 3 N–H and O–H groups in total. The molecule has 1 fully saturated rings. The van der Waals surface area contributed by atoms with Crippen LogP contribution in [-0.4, -0.2) is 63.7 Å². The molecule has 0 bridgehead atoms. The van der Waals surface area contributed by atoms with Crippen molar-refractivity contribution < 1.29 is 28.2 Å². The van der Waals surface area contributed by atoms with Gasteiger partial charge >= 0.3 is 5.97 Å². The summed E-state index contributed by atoms with van der Waals surface area (Å²) in [4.78, 5) is 21.9. The van der Waals surface area contributed by atoms with Crippen LogP contribution in [0, 0.1) is 0 Å². The van der Waals surface area contributed by atoms with Crippen molar-refractivity contribution in [2.45, 2.75) is 29.8 Å². The Hall–Kier alpha value is -1.63. The zero-order valence-electron chi connectivity index (χ0n) is 10.8. The van der Waals surface area contributed by atoms with E-state index in [0.29, 0.717) is 15.6 Å². The molecule has 2 atom stereocenters. The van der Waals surface area contributed by atoms with Crippen LogP contribution >= 0.6 is 11.3 Å². The van der Waals surface area contributed by atoms with Gasteiger partial charge in [0.2, 0.25) is 15.4 Å². The molecule has 2 heterocycles. The fraction of sp³-hybridized carbons (Fsp3) is 0.556. The number of β-amino-alcohol motifs (C(OH)–C–C–N with tert-alkyl or cyclic N) is 1. The van der Waals surface area contributed by atoms with Gasteiger partial charge in [0.05, 0.1) is 6.10 Å². The van der Waals surface area contributed by atoms with Gasteiger partial charge in [-0.25, -0.2) is 8.42 Å². The summed E-state index contributed by atoms with van der Waals surface area (Å²) in [5.41, 5.74) is 0. The van der Waals surface area contributed by atoms with Crippen molar-refractivity contribution in [3.05, 3.63) is 0 Å². The van der Waals surface area contributed by atoms with E-state index in [1.165, 1.54) is 6.92 Å². The number of hydrogen-bond acceptors (Lipinski definition) is 8. The minimum atomic E-state index is -4.19. The lowest BCUT2D eigenvalue weighted by Gasteiger charge is -2.18. The Bertz CT molecular complexity index is 672. The van der Waals surface area contributed by atoms with E-state index >= 15 is 0 Å². The van der Waals surface area contributed by atoms with Gasteiger partial charge in [-0.05, 0) is 0 Å². The highest BCUT2D eigenvalue weighted by Gasteiger charge is 2.45. The molecule has 0 spiro atoms. The highest BCUT2D eigenvalue weighted by molar-refractivity contribution is 7.91. The zero-order chi connectivity index (χ0) is 15.8. The van der Waals surface area contributed by atoms with E-state index < -0.39 is 38.4 Å². The second-order valence-electron chi connectivity index (χ2n) is 4.37. The number of aliphatic carboxylic acids is 1. The number of carboxylic acid groups (broad SMARTS) is 1. The topological polar surface area (TPSA) is 150 Å². The van der Waals surface area contributed by atoms with Gasteiger partial charge < -0.3 is 15.5 Å². The molecule has 10 nitrogen and oxygen atoms in total. The highest BCUT2D eigenvalue weighted by Crippen LogP contribution is 2.29. The lowest BCUT2D eigenvalue weighted by atomic mass is 10.2. The van der Waals surface area contributed by atoms with Crippen molar-refractivity contribution in [3.63, 3.8) is 0 Å². The van der Waals surface area contributed by atoms with Crippen LogP contribution in [0.2, 0.25) is 0 Å². The molecular weight excluding hydrogens is 324 g/mol. The number of carbonyl (C=O) groups is 2. The molecule has 2 rings (SSSR count). The van der Waals surface area contributed by atoms with E-state index in [1.807, 2.05) is 0 Å². The van der Waals surface area contributed by atoms with Gasteiger partial charge in [-0.3, -0.25) is 9.59 Å². The van der Waals surface area contributed by atoms with Crippen LogP contribution < -0.4 is 5.32 Å². The molecule has 0 radical (unpaired) electrons. The number of nitrogens with zero attached hydrogens (tertiary/aromatic N) is 3. The van der Waals surface area contributed by atoms with Crippen LogP contribution in [0.4, 0.5) is 5.13 Å². The molecule has 116 valence electrons. The average Bonchev–Trinajstić information content (AvgIpc) is 2.95. The SMILES string of the molecule is CC(=O)Nc1nnc(S(=O)(=O)N2CC(O)CC2C(=O)O)s1. The third kappa shape index (κ3) is 3.18. The maximum atomic E-state index is 12.3. The van der Waals surface area contributed by atoms with E-state index in [9.17, 15) is 23.1 Å². The second-order valence-corrected chi connectivity index (χ2v) is 7.41. The van der Waals surface area contributed by atoms with Crippen LogP contribution in [0.1, 0.15) is 13.3 Å². The number of aromatic nitrogens is 2. The number of rotatable bonds is 4. The second kappa shape index (κ2) is 5.63. The Morgan fingerprint density at radius 1 is 1.43 bits per heavy atom. The van der Waals surface area contributed by atoms with E-state index in [-0.39, 0.29) is 18.1 Å². The third-order valence-electron chi connectivity index (χ3n) is 2.74. The van der Waals surface area contributed by atoms with E-state index in [1.54, 1.807) is 0 Å². The van der Waals surface area contributed by atoms with Gasteiger partial charge in [0.25, 0.3) is 10.0 Å². The van der Waals surface area contributed by atoms with Gasteiger partial charge in [0.1, 0.15) is 6.04 Å². The monoisotopic (exact) mass is 336 g/mol. The normalized spacial score (nSPS) is 23.1. The minimum absolute atomic E-state index is 0.00676. The molecule has 2 unspecified atom stereocenters. The molecular formula is C9H12N4O6S2. The molecule has 12 heteroatoms. The number of hydrogen-bond donors (Lipinski definition) is 3. The third-order valence-corrected chi connectivity index (χ3v) is 5.80. The summed E-state index contributed by atoms with van der Waals surface area (Å²) < 4.78 is 24.9. The first-order chi connectivity index (χ1) is 9.71. The quantitative estimate of drug-likeness (QED) is 0.574. The molecule has 1 aliphatic rings. The lowest BCUT2D eigenvalue weighted by molar-refractivity contribution is -0.140. The summed E-state index contributed by atoms with van der Waals surface area (Å²) in [6.45, 7) is 0.904. The molecule has 1 aromatic heterocycles. The highest BCUT2D eigenvalue weighted by atomic mass is 32.2. The molecule has 0 aliphatic carbocycles. The lowest BCUT2D eigenvalue weighted by Crippen LogP contribution is -2.40. The summed E-state index contributed by atoms with van der Waals surface area (Å²) in [6, 6.07) is -1.35. The van der Waals surface area contributed by atoms with Crippen molar-refractivity contribution in [2.75, 3.05) is 11.9 Å². The number of anilines is 1. The van der Waals surface area contributed by atoms with Gasteiger partial charge in [-0.1, -0.05) is 11.3 Å². The van der Waals surface area contributed by atoms with E-state index in [0.717, 1.165) is 0 Å². The minimum Gasteiger partial charge on any atom is -0.480 e. The fourth-order valence-corrected chi connectivity index (χ4v) is 4.58. The molecule has 1 amide bonds. The number of carbonyl (C=O) groups excluding carboxylic acids is 1. The number of aliphatic hydroxyl groups excluding tert-OH is 1. The van der Waals surface area contributed by atoms with Gasteiger partial charge in [0.15, 0.2) is 0 Å². The smallest absolute Gasteiger partial charge is 0.322 e. The van der Waals surface area contributed by atoms with Gasteiger partial charge in [0, 0.05) is 19.9 Å². The molecule has 1 aliphatic heterocycles. The van der Waals surface area contributed by atoms with Crippen molar-refractivity contribution in [2.24, 2.45) is 0 Å². The summed E-state index contributed by atoms with van der Waals surface area (Å²) in [5.74, 6) is -1.78. The summed E-state index contributed by atoms with van der Waals surface area (Å²) in [5, 5.41) is 27.8. The van der Waals surface area contributed by atoms with Crippen LogP contribution in [0.15, 0.2) is 4.34 Å². The molecule has 1 aromatic rings. The molecule has 21 heavy (non-hydrogen) atoms. The molecule has 1 saturated heterocycles. The average molecular weight is 336 g/mol. The maximum Gasteiger partial charge on any atom is 0.322 e. The van der Waals surface area contributed by atoms with E-state index in [4.69, 9.17) is 5.11 Å². The largest absolute Gasteiger partial charge is 0.480 e. The molecule has 0 aromatic carbocycles. The predicted octanol–water partition coefficient (Wildman–Crippen LogP) is -1.29. The maximum absolute atomic E-state index is 12.3. The van der Waals surface area contributed by atoms with Crippen molar-refractivity contribution in [1.82, 2.24) is 14.5 Å². The predicted molar refractivity (Wildman–Crippen MR) is 70.2 cm³/mol. The Morgan fingerprint density at radius 3 is 2.67 bits per heavy atom. The fourth-order valence-electron chi connectivity index (χ4n) is 1.89. The van der Waals surface area contributed by atoms with Crippen molar-refractivity contribution in [3.8, 4) is 0 Å². The number of nitrogens with one attached hydrogen (secondary N) is 1. The van der Waals surface area contributed by atoms with Crippen LogP contribution in [0.5, 0.6) is 0 Å². The Morgan fingerprint density at radius 2 is 2.10 bits per heavy atom. The number of aliphatic hydroxyl groups is 1. The van der Waals surface area contributed by atoms with Gasteiger partial charge in [-0.2, -0.15) is 4.31 Å². The number of amides is 1. The van der Waals surface area contributed by atoms with E-state index in [2.05, 4.69) is 15.5 Å². The van der Waals surface area contributed by atoms with Crippen LogP contribution in [-0.2, 0) is 19.6 Å². The van der Waals surface area contributed by atoms with Crippen molar-refractivity contribution in [1.29, 1.82) is 0 Å². The summed E-state index contributed by atoms with van der Waals surface area (Å²) >= 11 is 0.612. The Kier molecular flexibility index (Phi) is 4.22. The number of sulfonamides is 1. The first-order valence-electron chi connectivity index (χ1n) is 5.75. The van der Waals surface area contributed by atoms with Crippen LogP contribution in [0.3, 0.4) is 0 Å². The Labute approximate surface area is 123 Å². The first kappa shape index (κ1) is 15.8. The number of carboxylic acids is 1. The zero-order valence-corrected chi connectivity index (χ0v) is 12.4.